The highest BCUT2D eigenvalue weighted by Gasteiger charge is 2.25. The third kappa shape index (κ3) is 3.65. The van der Waals surface area contributed by atoms with Gasteiger partial charge in [0.2, 0.25) is 10.0 Å². The average molecular weight is 320 g/mol. The van der Waals surface area contributed by atoms with Crippen molar-refractivity contribution in [3.05, 3.63) is 23.8 Å². The lowest BCUT2D eigenvalue weighted by Gasteiger charge is -2.23. The maximum absolute atomic E-state index is 12.5. The standard InChI is InChI=1S/C14H22ClNO3S/c1-5-11(3)16(4)20(17,18)13-7-8-14(19-6-2)12(9-13)10-15/h7-9,11H,5-6,10H2,1-4H3. The summed E-state index contributed by atoms with van der Waals surface area (Å²) in [6.45, 7) is 6.23. The first kappa shape index (κ1) is 17.3. The van der Waals surface area contributed by atoms with Crippen LogP contribution < -0.4 is 4.74 Å². The smallest absolute Gasteiger partial charge is 0.243 e. The second-order valence-electron chi connectivity index (χ2n) is 4.61. The number of ether oxygens (including phenoxy) is 1. The molecule has 1 unspecified atom stereocenters. The van der Waals surface area contributed by atoms with Gasteiger partial charge in [-0.05, 0) is 38.5 Å². The van der Waals surface area contributed by atoms with Crippen molar-refractivity contribution < 1.29 is 13.2 Å². The molecule has 0 radical (unpaired) electrons. The topological polar surface area (TPSA) is 46.6 Å². The summed E-state index contributed by atoms with van der Waals surface area (Å²) in [6.07, 6.45) is 0.759. The molecule has 6 heteroatoms. The second kappa shape index (κ2) is 7.29. The highest BCUT2D eigenvalue weighted by Crippen LogP contribution is 2.26. The van der Waals surface area contributed by atoms with Crippen LogP contribution in [0.3, 0.4) is 0 Å². The normalized spacial score (nSPS) is 13.5. The SMILES string of the molecule is CCOc1ccc(S(=O)(=O)N(C)C(C)CC)cc1CCl. The Hall–Kier alpha value is -0.780. The van der Waals surface area contributed by atoms with E-state index in [9.17, 15) is 8.42 Å². The van der Waals surface area contributed by atoms with Gasteiger partial charge in [0, 0.05) is 18.7 Å². The quantitative estimate of drug-likeness (QED) is 0.725. The maximum Gasteiger partial charge on any atom is 0.243 e. The fraction of sp³-hybridized carbons (Fsp3) is 0.571. The Balaban J connectivity index is 3.19. The van der Waals surface area contributed by atoms with Crippen LogP contribution in [-0.2, 0) is 15.9 Å². The number of benzene rings is 1. The van der Waals surface area contributed by atoms with Gasteiger partial charge in [-0.3, -0.25) is 0 Å². The highest BCUT2D eigenvalue weighted by atomic mass is 35.5. The van der Waals surface area contributed by atoms with Crippen molar-refractivity contribution in [2.24, 2.45) is 0 Å². The minimum absolute atomic E-state index is 0.0500. The van der Waals surface area contributed by atoms with Crippen LogP contribution in [0.5, 0.6) is 5.75 Å². The van der Waals surface area contributed by atoms with Crippen LogP contribution in [-0.4, -0.2) is 32.4 Å². The van der Waals surface area contributed by atoms with Crippen LogP contribution in [0.4, 0.5) is 0 Å². The van der Waals surface area contributed by atoms with Crippen molar-refractivity contribution in [1.82, 2.24) is 4.31 Å². The molecule has 114 valence electrons. The molecule has 0 N–H and O–H groups in total. The first-order chi connectivity index (χ1) is 9.38. The minimum atomic E-state index is -3.50. The summed E-state index contributed by atoms with van der Waals surface area (Å²) in [5, 5.41) is 0. The van der Waals surface area contributed by atoms with Crippen molar-refractivity contribution in [1.29, 1.82) is 0 Å². The zero-order valence-electron chi connectivity index (χ0n) is 12.4. The van der Waals surface area contributed by atoms with Crippen LogP contribution in [0.15, 0.2) is 23.1 Å². The number of rotatable bonds is 7. The molecule has 0 spiro atoms. The molecule has 0 aliphatic rings. The van der Waals surface area contributed by atoms with Crippen LogP contribution >= 0.6 is 11.6 Å². The Morgan fingerprint density at radius 3 is 2.50 bits per heavy atom. The van der Waals surface area contributed by atoms with E-state index in [0.29, 0.717) is 17.9 Å². The van der Waals surface area contributed by atoms with E-state index in [4.69, 9.17) is 16.3 Å². The number of nitrogens with zero attached hydrogens (tertiary/aromatic N) is 1. The summed E-state index contributed by atoms with van der Waals surface area (Å²) >= 11 is 5.87. The van der Waals surface area contributed by atoms with Gasteiger partial charge >= 0.3 is 0 Å². The molecule has 0 heterocycles. The third-order valence-corrected chi connectivity index (χ3v) is 5.62. The lowest BCUT2D eigenvalue weighted by molar-refractivity contribution is 0.337. The summed E-state index contributed by atoms with van der Waals surface area (Å²) in [4.78, 5) is 0.249. The third-order valence-electron chi connectivity index (χ3n) is 3.36. The molecular weight excluding hydrogens is 298 g/mol. The van der Waals surface area contributed by atoms with Crippen molar-refractivity contribution in [2.75, 3.05) is 13.7 Å². The lowest BCUT2D eigenvalue weighted by Crippen LogP contribution is -2.34. The first-order valence-corrected chi connectivity index (χ1v) is 8.65. The molecule has 1 aromatic rings. The van der Waals surface area contributed by atoms with Gasteiger partial charge < -0.3 is 4.74 Å². The molecule has 1 aromatic carbocycles. The van der Waals surface area contributed by atoms with E-state index in [2.05, 4.69) is 0 Å². The van der Waals surface area contributed by atoms with E-state index in [-0.39, 0.29) is 16.8 Å². The van der Waals surface area contributed by atoms with Gasteiger partial charge in [-0.2, -0.15) is 4.31 Å². The highest BCUT2D eigenvalue weighted by molar-refractivity contribution is 7.89. The van der Waals surface area contributed by atoms with Gasteiger partial charge in [0.05, 0.1) is 17.4 Å². The van der Waals surface area contributed by atoms with Gasteiger partial charge in [0.25, 0.3) is 0 Å². The molecule has 0 saturated heterocycles. The summed E-state index contributed by atoms with van der Waals surface area (Å²) in [6, 6.07) is 4.77. The van der Waals surface area contributed by atoms with E-state index in [1.54, 1.807) is 25.2 Å². The molecule has 0 amide bonds. The Bertz CT molecular complexity index is 545. The molecule has 0 bridgehead atoms. The number of halogens is 1. The summed E-state index contributed by atoms with van der Waals surface area (Å²) in [5.41, 5.74) is 0.687. The predicted molar refractivity (Wildman–Crippen MR) is 81.9 cm³/mol. The van der Waals surface area contributed by atoms with Gasteiger partial charge in [-0.15, -0.1) is 11.6 Å². The van der Waals surface area contributed by atoms with Gasteiger partial charge in [0.1, 0.15) is 5.75 Å². The molecule has 20 heavy (non-hydrogen) atoms. The maximum atomic E-state index is 12.5. The van der Waals surface area contributed by atoms with Crippen molar-refractivity contribution in [3.63, 3.8) is 0 Å². The molecule has 0 aliphatic heterocycles. The molecular formula is C14H22ClNO3S. The van der Waals surface area contributed by atoms with E-state index in [0.717, 1.165) is 6.42 Å². The minimum Gasteiger partial charge on any atom is -0.494 e. The number of alkyl halides is 1. The molecule has 4 nitrogen and oxygen atoms in total. The van der Waals surface area contributed by atoms with Gasteiger partial charge in [0.15, 0.2) is 0 Å². The van der Waals surface area contributed by atoms with Crippen LogP contribution in [0.25, 0.3) is 0 Å². The Kier molecular flexibility index (Phi) is 6.30. The molecule has 0 saturated carbocycles. The molecule has 1 atom stereocenters. The lowest BCUT2D eigenvalue weighted by atomic mass is 10.2. The fourth-order valence-electron chi connectivity index (χ4n) is 1.78. The molecule has 0 aromatic heterocycles. The molecule has 1 rings (SSSR count). The van der Waals surface area contributed by atoms with Crippen molar-refractivity contribution in [2.45, 2.75) is 44.0 Å². The first-order valence-electron chi connectivity index (χ1n) is 6.68. The average Bonchev–Trinajstić information content (AvgIpc) is 2.46. The van der Waals surface area contributed by atoms with Crippen LogP contribution in [0, 0.1) is 0 Å². The van der Waals surface area contributed by atoms with Crippen LogP contribution in [0.2, 0.25) is 0 Å². The zero-order chi connectivity index (χ0) is 15.3. The summed E-state index contributed by atoms with van der Waals surface area (Å²) in [5.74, 6) is 0.846. The number of hydrogen-bond acceptors (Lipinski definition) is 3. The van der Waals surface area contributed by atoms with E-state index in [1.165, 1.54) is 4.31 Å². The van der Waals surface area contributed by atoms with Crippen molar-refractivity contribution in [3.8, 4) is 5.75 Å². The van der Waals surface area contributed by atoms with Gasteiger partial charge in [-0.25, -0.2) is 8.42 Å². The number of hydrogen-bond donors (Lipinski definition) is 0. The predicted octanol–water partition coefficient (Wildman–Crippen LogP) is 3.24. The summed E-state index contributed by atoms with van der Waals surface area (Å²) < 4.78 is 31.8. The Morgan fingerprint density at radius 2 is 2.00 bits per heavy atom. The number of sulfonamides is 1. The second-order valence-corrected chi connectivity index (χ2v) is 6.88. The van der Waals surface area contributed by atoms with Gasteiger partial charge in [-0.1, -0.05) is 6.92 Å². The molecule has 0 fully saturated rings. The fourth-order valence-corrected chi connectivity index (χ4v) is 3.47. The van der Waals surface area contributed by atoms with E-state index >= 15 is 0 Å². The zero-order valence-corrected chi connectivity index (χ0v) is 14.0. The Labute approximate surface area is 126 Å². The van der Waals surface area contributed by atoms with Crippen LogP contribution in [0.1, 0.15) is 32.8 Å². The van der Waals surface area contributed by atoms with E-state index < -0.39 is 10.0 Å². The van der Waals surface area contributed by atoms with Crippen molar-refractivity contribution >= 4 is 21.6 Å². The summed E-state index contributed by atoms with van der Waals surface area (Å²) in [7, 11) is -1.90. The molecule has 0 aliphatic carbocycles. The Morgan fingerprint density at radius 1 is 1.35 bits per heavy atom. The monoisotopic (exact) mass is 319 g/mol. The van der Waals surface area contributed by atoms with E-state index in [1.807, 2.05) is 20.8 Å². The largest absolute Gasteiger partial charge is 0.494 e.